The molecule has 7 heteroatoms. The first-order valence-corrected chi connectivity index (χ1v) is 9.92. The number of ether oxygens (including phenoxy) is 1. The molecule has 29 heavy (non-hydrogen) atoms. The molecule has 2 fully saturated rings. The van der Waals surface area contributed by atoms with Crippen LogP contribution in [0.25, 0.3) is 0 Å². The van der Waals surface area contributed by atoms with Crippen LogP contribution in [0.5, 0.6) is 0 Å². The van der Waals surface area contributed by atoms with E-state index in [0.717, 1.165) is 13.1 Å². The highest BCUT2D eigenvalue weighted by molar-refractivity contribution is 6.44. The van der Waals surface area contributed by atoms with Crippen molar-refractivity contribution < 1.29 is 24.0 Å². The van der Waals surface area contributed by atoms with Crippen LogP contribution in [0.3, 0.4) is 0 Å². The number of nitrogens with zero attached hydrogens (tertiary/aromatic N) is 2. The number of hydrogen-bond donors (Lipinski definition) is 1. The van der Waals surface area contributed by atoms with Gasteiger partial charge in [-0.05, 0) is 11.6 Å². The second-order valence-corrected chi connectivity index (χ2v) is 7.41. The number of benzene rings is 1. The minimum atomic E-state index is -1.05. The number of amides is 1. The van der Waals surface area contributed by atoms with Gasteiger partial charge in [-0.1, -0.05) is 36.4 Å². The van der Waals surface area contributed by atoms with Crippen LogP contribution in [0, 0.1) is 5.92 Å². The lowest BCUT2D eigenvalue weighted by atomic mass is 9.87. The molecule has 1 aromatic carbocycles. The first-order chi connectivity index (χ1) is 14.2. The van der Waals surface area contributed by atoms with Crippen molar-refractivity contribution in [2.24, 2.45) is 5.92 Å². The third-order valence-electron chi connectivity index (χ3n) is 5.68. The van der Waals surface area contributed by atoms with Crippen LogP contribution >= 0.6 is 0 Å². The Morgan fingerprint density at radius 2 is 1.86 bits per heavy atom. The second kappa shape index (κ2) is 8.63. The van der Waals surface area contributed by atoms with Gasteiger partial charge in [-0.3, -0.25) is 19.4 Å². The van der Waals surface area contributed by atoms with E-state index in [1.165, 1.54) is 4.90 Å². The Kier molecular flexibility index (Phi) is 5.78. The van der Waals surface area contributed by atoms with Crippen molar-refractivity contribution in [1.29, 1.82) is 0 Å². The van der Waals surface area contributed by atoms with Crippen molar-refractivity contribution in [3.05, 3.63) is 66.0 Å². The monoisotopic (exact) mass is 394 g/mol. The summed E-state index contributed by atoms with van der Waals surface area (Å²) in [4.78, 5) is 46.0. The third-order valence-corrected chi connectivity index (χ3v) is 5.68. The predicted octanol–water partition coefficient (Wildman–Crippen LogP) is -0.0518. The van der Waals surface area contributed by atoms with Gasteiger partial charge in [0.25, 0.3) is 5.91 Å². The number of ketones is 2. The van der Waals surface area contributed by atoms with Crippen LogP contribution in [0.1, 0.15) is 22.0 Å². The molecule has 150 valence electrons. The molecular formula is C22H24N3O4+. The fourth-order valence-corrected chi connectivity index (χ4v) is 4.12. The van der Waals surface area contributed by atoms with Gasteiger partial charge >= 0.3 is 0 Å². The molecule has 2 aliphatic heterocycles. The maximum absolute atomic E-state index is 13.2. The molecule has 2 saturated heterocycles. The van der Waals surface area contributed by atoms with Crippen LogP contribution in [0.15, 0.2) is 54.9 Å². The Bertz CT molecular complexity index is 881. The maximum Gasteiger partial charge on any atom is 0.291 e. The molecule has 7 nitrogen and oxygen atoms in total. The number of quaternary nitrogens is 1. The number of rotatable bonds is 6. The highest BCUT2D eigenvalue weighted by Gasteiger charge is 2.51. The van der Waals surface area contributed by atoms with E-state index in [2.05, 4.69) is 4.98 Å². The summed E-state index contributed by atoms with van der Waals surface area (Å²) in [5.74, 6) is -2.58. The Morgan fingerprint density at radius 1 is 1.10 bits per heavy atom. The molecule has 2 unspecified atom stereocenters. The van der Waals surface area contributed by atoms with E-state index in [1.807, 2.05) is 12.1 Å². The number of likely N-dealkylation sites (tertiary alicyclic amines) is 1. The number of hydrogen-bond acceptors (Lipinski definition) is 5. The Morgan fingerprint density at radius 3 is 2.55 bits per heavy atom. The van der Waals surface area contributed by atoms with Gasteiger partial charge in [-0.25, -0.2) is 0 Å². The molecule has 1 aromatic heterocycles. The number of carbonyl (C=O) groups is 3. The van der Waals surface area contributed by atoms with E-state index < -0.39 is 23.7 Å². The minimum absolute atomic E-state index is 0.320. The van der Waals surface area contributed by atoms with Crippen molar-refractivity contribution in [3.8, 4) is 0 Å². The number of aromatic nitrogens is 1. The van der Waals surface area contributed by atoms with E-state index in [-0.39, 0.29) is 5.78 Å². The Balaban J connectivity index is 1.64. The Labute approximate surface area is 169 Å². The summed E-state index contributed by atoms with van der Waals surface area (Å²) in [6, 6.07) is 11.6. The third kappa shape index (κ3) is 3.97. The summed E-state index contributed by atoms with van der Waals surface area (Å²) in [5, 5.41) is 0. The van der Waals surface area contributed by atoms with Gasteiger partial charge in [-0.15, -0.1) is 0 Å². The van der Waals surface area contributed by atoms with Crippen molar-refractivity contribution in [1.82, 2.24) is 9.88 Å². The molecule has 1 N–H and O–H groups in total. The lowest BCUT2D eigenvalue weighted by Crippen LogP contribution is -3.14. The van der Waals surface area contributed by atoms with E-state index >= 15 is 0 Å². The first kappa shape index (κ1) is 19.4. The SMILES string of the molecule is O=C1C(=O)N(CC[NH+]2CCOCC2)C(c2cccnc2)C1C(=O)c1ccccc1. The largest absolute Gasteiger partial charge is 0.370 e. The lowest BCUT2D eigenvalue weighted by molar-refractivity contribution is -0.907. The summed E-state index contributed by atoms with van der Waals surface area (Å²) in [6.45, 7) is 4.27. The van der Waals surface area contributed by atoms with Crippen molar-refractivity contribution in [2.75, 3.05) is 39.4 Å². The van der Waals surface area contributed by atoms with Gasteiger partial charge in [0.1, 0.15) is 19.0 Å². The molecule has 0 spiro atoms. The summed E-state index contributed by atoms with van der Waals surface area (Å²) in [7, 11) is 0. The first-order valence-electron chi connectivity index (χ1n) is 9.92. The van der Waals surface area contributed by atoms with E-state index in [0.29, 0.717) is 37.4 Å². The molecule has 0 aliphatic carbocycles. The summed E-state index contributed by atoms with van der Waals surface area (Å²) < 4.78 is 5.39. The van der Waals surface area contributed by atoms with Gasteiger partial charge in [0.2, 0.25) is 5.78 Å². The smallest absolute Gasteiger partial charge is 0.291 e. The van der Waals surface area contributed by atoms with E-state index in [4.69, 9.17) is 4.74 Å². The number of pyridine rings is 1. The number of carbonyl (C=O) groups excluding carboxylic acids is 3. The maximum atomic E-state index is 13.2. The summed E-state index contributed by atoms with van der Waals surface area (Å²) in [6.07, 6.45) is 3.27. The van der Waals surface area contributed by atoms with Gasteiger partial charge in [-0.2, -0.15) is 0 Å². The van der Waals surface area contributed by atoms with Gasteiger partial charge in [0.05, 0.1) is 32.3 Å². The standard InChI is InChI=1S/C22H23N3O4/c26-20(16-5-2-1-3-6-16)18-19(17-7-4-8-23-15-17)25(22(28)21(18)27)10-9-24-11-13-29-14-12-24/h1-8,15,18-19H,9-14H2/p+1. The lowest BCUT2D eigenvalue weighted by Gasteiger charge is -2.30. The molecular weight excluding hydrogens is 370 g/mol. The van der Waals surface area contributed by atoms with Gasteiger partial charge < -0.3 is 14.5 Å². The zero-order valence-electron chi connectivity index (χ0n) is 16.1. The van der Waals surface area contributed by atoms with Crippen LogP contribution in [0.4, 0.5) is 0 Å². The number of Topliss-reactive ketones (excluding diaryl/α,β-unsaturated/α-hetero) is 2. The molecule has 4 rings (SSSR count). The van der Waals surface area contributed by atoms with Crippen molar-refractivity contribution in [2.45, 2.75) is 6.04 Å². The van der Waals surface area contributed by atoms with Crippen LogP contribution in [-0.2, 0) is 14.3 Å². The zero-order chi connectivity index (χ0) is 20.2. The second-order valence-electron chi connectivity index (χ2n) is 7.41. The molecule has 2 atom stereocenters. The molecule has 0 bridgehead atoms. The van der Waals surface area contributed by atoms with E-state index in [1.54, 1.807) is 47.6 Å². The summed E-state index contributed by atoms with van der Waals surface area (Å²) >= 11 is 0. The number of morpholine rings is 1. The number of nitrogens with one attached hydrogen (secondary N) is 1. The normalized spacial score (nSPS) is 22.8. The van der Waals surface area contributed by atoms with Crippen molar-refractivity contribution in [3.63, 3.8) is 0 Å². The zero-order valence-corrected chi connectivity index (χ0v) is 16.1. The molecule has 2 aliphatic rings. The van der Waals surface area contributed by atoms with E-state index in [9.17, 15) is 14.4 Å². The fraction of sp³-hybridized carbons (Fsp3) is 0.364. The average Bonchev–Trinajstić information content (AvgIpc) is 3.04. The average molecular weight is 394 g/mol. The fourth-order valence-electron chi connectivity index (χ4n) is 4.12. The molecule has 2 aromatic rings. The van der Waals surface area contributed by atoms with Crippen LogP contribution < -0.4 is 4.90 Å². The molecule has 1 amide bonds. The van der Waals surface area contributed by atoms with Crippen LogP contribution in [-0.4, -0.2) is 66.8 Å². The van der Waals surface area contributed by atoms with Crippen LogP contribution in [0.2, 0.25) is 0 Å². The topological polar surface area (TPSA) is 81.0 Å². The summed E-state index contributed by atoms with van der Waals surface area (Å²) in [5.41, 5.74) is 1.14. The van der Waals surface area contributed by atoms with Gasteiger partial charge in [0.15, 0.2) is 5.78 Å². The minimum Gasteiger partial charge on any atom is -0.370 e. The van der Waals surface area contributed by atoms with Gasteiger partial charge in [0, 0.05) is 18.0 Å². The quantitative estimate of drug-likeness (QED) is 0.422. The predicted molar refractivity (Wildman–Crippen MR) is 104 cm³/mol. The highest BCUT2D eigenvalue weighted by atomic mass is 16.5. The van der Waals surface area contributed by atoms with Crippen molar-refractivity contribution >= 4 is 17.5 Å². The highest BCUT2D eigenvalue weighted by Crippen LogP contribution is 2.37. The molecule has 0 radical (unpaired) electrons. The molecule has 3 heterocycles. The Hall–Kier alpha value is -2.90. The molecule has 0 saturated carbocycles.